The average Bonchev–Trinajstić information content (AvgIpc) is 2.63. The zero-order valence-corrected chi connectivity index (χ0v) is 15.6. The molecule has 2 aromatic rings. The van der Waals surface area contributed by atoms with Crippen molar-refractivity contribution in [3.05, 3.63) is 36.4 Å². The first-order valence-electron chi connectivity index (χ1n) is 6.24. The third kappa shape index (κ3) is 1.76. The molecule has 1 atom stereocenters. The van der Waals surface area contributed by atoms with Gasteiger partial charge in [0.15, 0.2) is 5.25 Å². The molecule has 2 aromatic carbocycles. The standard InChI is InChI=1S/C14H18IN2P2/c1-16(2)19(17(3)4)13-10-6-8-11-7-5-9-12(14(11)13)18(19)15/h5-10H,1-4H3/q+1. The van der Waals surface area contributed by atoms with Gasteiger partial charge in [0.1, 0.15) is 5.30 Å². The molecule has 0 aliphatic carbocycles. The summed E-state index contributed by atoms with van der Waals surface area (Å²) in [6.07, 6.45) is 0. The van der Waals surface area contributed by atoms with Crippen LogP contribution in [0.5, 0.6) is 0 Å². The van der Waals surface area contributed by atoms with E-state index in [2.05, 4.69) is 96.0 Å². The van der Waals surface area contributed by atoms with Gasteiger partial charge in [0, 0.05) is 60.9 Å². The van der Waals surface area contributed by atoms with Crippen LogP contribution in [0.4, 0.5) is 0 Å². The highest BCUT2D eigenvalue weighted by Gasteiger charge is 2.60. The third-order valence-electron chi connectivity index (χ3n) is 3.74. The van der Waals surface area contributed by atoms with E-state index in [0.717, 1.165) is 0 Å². The van der Waals surface area contributed by atoms with Crippen LogP contribution in [0.15, 0.2) is 36.4 Å². The summed E-state index contributed by atoms with van der Waals surface area (Å²) in [6.45, 7) is 0. The lowest BCUT2D eigenvalue weighted by Gasteiger charge is -2.35. The maximum atomic E-state index is 2.71. The summed E-state index contributed by atoms with van der Waals surface area (Å²) >= 11 is 2.71. The summed E-state index contributed by atoms with van der Waals surface area (Å²) in [6, 6.07) is 13.6. The van der Waals surface area contributed by atoms with E-state index in [9.17, 15) is 0 Å². The third-order valence-corrected chi connectivity index (χ3v) is 20.1. The zero-order valence-electron chi connectivity index (χ0n) is 11.6. The molecule has 2 nitrogen and oxygen atoms in total. The van der Waals surface area contributed by atoms with Gasteiger partial charge in [-0.3, -0.25) is 0 Å². The highest BCUT2D eigenvalue weighted by molar-refractivity contribution is 14.2. The summed E-state index contributed by atoms with van der Waals surface area (Å²) in [4.78, 5) is 0. The molecule has 100 valence electrons. The van der Waals surface area contributed by atoms with Crippen LogP contribution in [0.25, 0.3) is 10.8 Å². The van der Waals surface area contributed by atoms with Gasteiger partial charge in [0.2, 0.25) is 7.25 Å². The first-order chi connectivity index (χ1) is 9.01. The lowest BCUT2D eigenvalue weighted by molar-refractivity contribution is 0.578. The van der Waals surface area contributed by atoms with Gasteiger partial charge in [-0.25, -0.2) is 0 Å². The summed E-state index contributed by atoms with van der Waals surface area (Å²) in [5.74, 6) is 0. The molecule has 1 heterocycles. The summed E-state index contributed by atoms with van der Waals surface area (Å²) in [5.41, 5.74) is 0. The Morgan fingerprint density at radius 1 is 0.947 bits per heavy atom. The van der Waals surface area contributed by atoms with Crippen LogP contribution in [0.1, 0.15) is 0 Å². The topological polar surface area (TPSA) is 6.48 Å². The maximum Gasteiger partial charge on any atom is 0.218 e. The van der Waals surface area contributed by atoms with Crippen molar-refractivity contribution < 1.29 is 0 Å². The quantitative estimate of drug-likeness (QED) is 0.556. The Labute approximate surface area is 129 Å². The van der Waals surface area contributed by atoms with Gasteiger partial charge in [0.05, 0.1) is 0 Å². The highest BCUT2D eigenvalue weighted by Crippen LogP contribution is 2.90. The van der Waals surface area contributed by atoms with Crippen molar-refractivity contribution in [1.29, 1.82) is 0 Å². The van der Waals surface area contributed by atoms with Gasteiger partial charge in [-0.05, 0) is 17.5 Å². The molecule has 5 heteroatoms. The van der Waals surface area contributed by atoms with E-state index in [1.165, 1.54) is 10.8 Å². The molecule has 1 unspecified atom stereocenters. The molecular formula is C14H18IN2P2+. The number of hydrogen-bond donors (Lipinski definition) is 0. The fourth-order valence-electron chi connectivity index (χ4n) is 3.05. The fourth-order valence-corrected chi connectivity index (χ4v) is 21.9. The van der Waals surface area contributed by atoms with Gasteiger partial charge in [-0.1, -0.05) is 24.3 Å². The SMILES string of the molecule is CN(C)[P+]1(N(C)C)c2cccc3cccc(c23)P1I. The number of rotatable bonds is 2. The van der Waals surface area contributed by atoms with E-state index in [-0.39, 0.29) is 5.25 Å². The zero-order chi connectivity index (χ0) is 13.8. The predicted octanol–water partition coefficient (Wildman–Crippen LogP) is 3.82. The molecule has 0 amide bonds. The van der Waals surface area contributed by atoms with Gasteiger partial charge >= 0.3 is 0 Å². The van der Waals surface area contributed by atoms with E-state index >= 15 is 0 Å². The maximum absolute atomic E-state index is 2.71. The lowest BCUT2D eigenvalue weighted by atomic mass is 10.1. The van der Waals surface area contributed by atoms with E-state index in [4.69, 9.17) is 0 Å². The Balaban J connectivity index is 2.42. The predicted molar refractivity (Wildman–Crippen MR) is 98.5 cm³/mol. The highest BCUT2D eigenvalue weighted by atomic mass is 127. The molecule has 0 fully saturated rings. The van der Waals surface area contributed by atoms with Crippen LogP contribution in [0, 0.1) is 0 Å². The van der Waals surface area contributed by atoms with Crippen molar-refractivity contribution >= 4 is 55.9 Å². The van der Waals surface area contributed by atoms with Gasteiger partial charge in [-0.2, -0.15) is 9.34 Å². The molecule has 19 heavy (non-hydrogen) atoms. The van der Waals surface area contributed by atoms with Crippen molar-refractivity contribution in [2.24, 2.45) is 0 Å². The van der Waals surface area contributed by atoms with Crippen molar-refractivity contribution in [2.75, 3.05) is 28.2 Å². The molecule has 0 bridgehead atoms. The van der Waals surface area contributed by atoms with Crippen molar-refractivity contribution in [1.82, 2.24) is 9.34 Å². The Kier molecular flexibility index (Phi) is 3.64. The van der Waals surface area contributed by atoms with E-state index in [1.807, 2.05) is 0 Å². The lowest BCUT2D eigenvalue weighted by Crippen LogP contribution is -2.30. The normalized spacial score (nSPS) is 20.7. The van der Waals surface area contributed by atoms with Crippen molar-refractivity contribution in [2.45, 2.75) is 0 Å². The first kappa shape index (κ1) is 14.2. The second-order valence-electron chi connectivity index (χ2n) is 5.18. The van der Waals surface area contributed by atoms with Gasteiger partial charge < -0.3 is 0 Å². The largest absolute Gasteiger partial charge is 0.218 e. The number of hydrogen-bond acceptors (Lipinski definition) is 2. The van der Waals surface area contributed by atoms with E-state index in [1.54, 1.807) is 10.6 Å². The average molecular weight is 403 g/mol. The van der Waals surface area contributed by atoms with Crippen molar-refractivity contribution in [3.63, 3.8) is 0 Å². The van der Waals surface area contributed by atoms with Gasteiger partial charge in [-0.15, -0.1) is 0 Å². The molecule has 0 aromatic heterocycles. The van der Waals surface area contributed by atoms with E-state index < -0.39 is 7.25 Å². The number of benzene rings is 2. The smallest absolute Gasteiger partial charge is 0.162 e. The van der Waals surface area contributed by atoms with Crippen LogP contribution in [0.3, 0.4) is 0 Å². The summed E-state index contributed by atoms with van der Waals surface area (Å²) in [7, 11) is 7.55. The Morgan fingerprint density at radius 3 is 2.11 bits per heavy atom. The van der Waals surface area contributed by atoms with Crippen LogP contribution in [-0.4, -0.2) is 37.5 Å². The summed E-state index contributed by atoms with van der Waals surface area (Å²) in [5, 5.41) is 5.84. The molecule has 0 radical (unpaired) electrons. The minimum atomic E-state index is -1.42. The molecule has 1 aliphatic rings. The van der Waals surface area contributed by atoms with Gasteiger partial charge in [0.25, 0.3) is 0 Å². The second kappa shape index (κ2) is 4.89. The van der Waals surface area contributed by atoms with Crippen LogP contribution in [0.2, 0.25) is 0 Å². The Bertz CT molecular complexity index is 629. The molecule has 1 aliphatic heterocycles. The molecule has 0 saturated carbocycles. The van der Waals surface area contributed by atoms with Crippen molar-refractivity contribution in [3.8, 4) is 0 Å². The number of halogens is 1. The van der Waals surface area contributed by atoms with Crippen LogP contribution < -0.4 is 10.6 Å². The van der Waals surface area contributed by atoms with E-state index in [0.29, 0.717) is 0 Å². The van der Waals surface area contributed by atoms with Crippen LogP contribution in [-0.2, 0) is 0 Å². The molecule has 0 spiro atoms. The first-order valence-corrected chi connectivity index (χ1v) is 12.8. The Hall–Kier alpha value is 0.210. The number of nitrogens with zero attached hydrogens (tertiary/aromatic N) is 2. The monoisotopic (exact) mass is 403 g/mol. The summed E-state index contributed by atoms with van der Waals surface area (Å²) < 4.78 is 4.97. The second-order valence-corrected chi connectivity index (χ2v) is 17.5. The Morgan fingerprint density at radius 2 is 1.53 bits per heavy atom. The minimum Gasteiger partial charge on any atom is -0.162 e. The molecule has 0 N–H and O–H groups in total. The fraction of sp³-hybridized carbons (Fsp3) is 0.286. The molecule has 3 rings (SSSR count). The van der Waals surface area contributed by atoms with Crippen LogP contribution >= 0.6 is 34.5 Å². The molecular weight excluding hydrogens is 385 g/mol. The minimum absolute atomic E-state index is 0.204. The molecule has 0 saturated heterocycles.